The predicted octanol–water partition coefficient (Wildman–Crippen LogP) is 3.55. The van der Waals surface area contributed by atoms with E-state index in [1.165, 1.54) is 0 Å². The molecule has 0 saturated carbocycles. The molecule has 2 fully saturated rings. The number of likely N-dealkylation sites (N-methyl/N-ethyl adjacent to an activating group) is 1. The van der Waals surface area contributed by atoms with Gasteiger partial charge in [-0.1, -0.05) is 29.8 Å². The second-order valence-corrected chi connectivity index (χ2v) is 9.35. The summed E-state index contributed by atoms with van der Waals surface area (Å²) >= 11 is 6.21. The minimum Gasteiger partial charge on any atom is -0.493 e. The van der Waals surface area contributed by atoms with Crippen LogP contribution in [0.5, 0.6) is 11.5 Å². The molecule has 34 heavy (non-hydrogen) atoms. The quantitative estimate of drug-likeness (QED) is 0.626. The molecule has 2 saturated heterocycles. The van der Waals surface area contributed by atoms with Crippen LogP contribution in [-0.4, -0.2) is 79.9 Å². The van der Waals surface area contributed by atoms with Crippen LogP contribution in [0, 0.1) is 5.92 Å². The van der Waals surface area contributed by atoms with Gasteiger partial charge >= 0.3 is 0 Å². The third kappa shape index (κ3) is 5.65. The Morgan fingerprint density at radius 2 is 1.65 bits per heavy atom. The van der Waals surface area contributed by atoms with Crippen LogP contribution in [0.25, 0.3) is 0 Å². The van der Waals surface area contributed by atoms with Crippen molar-refractivity contribution in [2.75, 3.05) is 53.4 Å². The lowest BCUT2D eigenvalue weighted by Crippen LogP contribution is -2.51. The van der Waals surface area contributed by atoms with Crippen LogP contribution in [0.2, 0.25) is 5.02 Å². The van der Waals surface area contributed by atoms with Crippen LogP contribution < -0.4 is 9.47 Å². The molecule has 0 atom stereocenters. The van der Waals surface area contributed by atoms with Gasteiger partial charge in [0.25, 0.3) is 5.91 Å². The Labute approximate surface area is 206 Å². The molecule has 2 aliphatic heterocycles. The van der Waals surface area contributed by atoms with E-state index in [2.05, 4.69) is 11.9 Å². The summed E-state index contributed by atoms with van der Waals surface area (Å²) in [4.78, 5) is 32.1. The molecule has 182 valence electrons. The number of benzene rings is 2. The third-order valence-electron chi connectivity index (χ3n) is 6.70. The van der Waals surface area contributed by atoms with Crippen molar-refractivity contribution < 1.29 is 19.1 Å². The highest BCUT2D eigenvalue weighted by atomic mass is 35.5. The lowest BCUT2D eigenvalue weighted by molar-refractivity contribution is -0.138. The Morgan fingerprint density at radius 3 is 2.32 bits per heavy atom. The van der Waals surface area contributed by atoms with E-state index in [0.717, 1.165) is 31.7 Å². The van der Waals surface area contributed by atoms with Crippen molar-refractivity contribution in [3.05, 3.63) is 58.6 Å². The van der Waals surface area contributed by atoms with Gasteiger partial charge in [0.1, 0.15) is 6.61 Å². The van der Waals surface area contributed by atoms with Gasteiger partial charge in [-0.05, 0) is 44.2 Å². The average molecular weight is 486 g/mol. The number of carbonyl (C=O) groups is 2. The number of hydrogen-bond acceptors (Lipinski definition) is 5. The van der Waals surface area contributed by atoms with E-state index in [1.54, 1.807) is 25.3 Å². The number of nitrogens with zero attached hydrogens (tertiary/aromatic N) is 3. The minimum absolute atomic E-state index is 0.00239. The topological polar surface area (TPSA) is 62.3 Å². The predicted molar refractivity (Wildman–Crippen MR) is 131 cm³/mol. The first-order valence-electron chi connectivity index (χ1n) is 11.8. The van der Waals surface area contributed by atoms with Crippen molar-refractivity contribution in [1.29, 1.82) is 0 Å². The zero-order valence-corrected chi connectivity index (χ0v) is 20.6. The van der Waals surface area contributed by atoms with E-state index in [4.69, 9.17) is 21.1 Å². The van der Waals surface area contributed by atoms with Gasteiger partial charge in [0.05, 0.1) is 7.11 Å². The van der Waals surface area contributed by atoms with E-state index in [1.807, 2.05) is 34.1 Å². The first-order valence-corrected chi connectivity index (χ1v) is 12.1. The Bertz CT molecular complexity index is 1010. The van der Waals surface area contributed by atoms with Crippen molar-refractivity contribution in [3.63, 3.8) is 0 Å². The van der Waals surface area contributed by atoms with Crippen molar-refractivity contribution in [2.45, 2.75) is 19.4 Å². The fraction of sp³-hybridized carbons (Fsp3) is 0.462. The summed E-state index contributed by atoms with van der Waals surface area (Å²) < 4.78 is 11.4. The van der Waals surface area contributed by atoms with Crippen molar-refractivity contribution in [2.24, 2.45) is 5.92 Å². The molecule has 0 unspecified atom stereocenters. The number of carbonyl (C=O) groups excluding carboxylic acids is 2. The number of ether oxygens (including phenoxy) is 2. The molecule has 0 N–H and O–H groups in total. The molecular weight excluding hydrogens is 454 g/mol. The highest BCUT2D eigenvalue weighted by molar-refractivity contribution is 6.31. The van der Waals surface area contributed by atoms with Crippen molar-refractivity contribution in [3.8, 4) is 11.5 Å². The molecule has 0 aromatic heterocycles. The number of rotatable bonds is 6. The molecule has 2 amide bonds. The highest BCUT2D eigenvalue weighted by Crippen LogP contribution is 2.31. The summed E-state index contributed by atoms with van der Waals surface area (Å²) in [5.74, 6) is 1.24. The molecule has 0 spiro atoms. The number of halogens is 1. The molecule has 0 radical (unpaired) electrons. The van der Waals surface area contributed by atoms with Crippen molar-refractivity contribution >= 4 is 23.4 Å². The normalized spacial score (nSPS) is 17.5. The summed E-state index contributed by atoms with van der Waals surface area (Å²) in [6.45, 7) is 4.88. The van der Waals surface area contributed by atoms with Gasteiger partial charge in [0.2, 0.25) is 5.91 Å². The Morgan fingerprint density at radius 1 is 0.941 bits per heavy atom. The molecular formula is C26H32ClN3O4. The van der Waals surface area contributed by atoms with Gasteiger partial charge in [-0.2, -0.15) is 0 Å². The second-order valence-electron chi connectivity index (χ2n) is 8.94. The van der Waals surface area contributed by atoms with E-state index >= 15 is 0 Å². The first kappa shape index (κ1) is 24.4. The summed E-state index contributed by atoms with van der Waals surface area (Å²) in [5, 5.41) is 0.641. The van der Waals surface area contributed by atoms with E-state index in [0.29, 0.717) is 54.6 Å². The molecule has 4 rings (SSSR count). The fourth-order valence-electron chi connectivity index (χ4n) is 4.49. The smallest absolute Gasteiger partial charge is 0.253 e. The first-order chi connectivity index (χ1) is 16.5. The summed E-state index contributed by atoms with van der Waals surface area (Å²) in [5.41, 5.74) is 1.42. The van der Waals surface area contributed by atoms with Gasteiger partial charge in [-0.3, -0.25) is 9.59 Å². The average Bonchev–Trinajstić information content (AvgIpc) is 2.88. The molecule has 2 aromatic rings. The van der Waals surface area contributed by atoms with E-state index in [-0.39, 0.29) is 17.7 Å². The molecule has 2 aliphatic rings. The number of hydrogen-bond donors (Lipinski definition) is 0. The van der Waals surface area contributed by atoms with Crippen LogP contribution in [-0.2, 0) is 11.4 Å². The maximum atomic E-state index is 13.1. The maximum Gasteiger partial charge on any atom is 0.253 e. The van der Waals surface area contributed by atoms with Gasteiger partial charge in [-0.25, -0.2) is 0 Å². The number of amides is 2. The molecule has 0 aliphatic carbocycles. The highest BCUT2D eigenvalue weighted by Gasteiger charge is 2.31. The largest absolute Gasteiger partial charge is 0.493 e. The molecule has 0 bridgehead atoms. The molecule has 7 nitrogen and oxygen atoms in total. The number of methoxy groups -OCH3 is 1. The SMILES string of the molecule is COc1cc(C(=O)N2CCC(C(=O)N3CCN(C)CC3)CC2)ccc1OCc1ccccc1Cl. The minimum atomic E-state index is -0.0542. The van der Waals surface area contributed by atoms with Gasteiger partial charge < -0.3 is 24.2 Å². The number of piperazine rings is 1. The third-order valence-corrected chi connectivity index (χ3v) is 7.07. The van der Waals surface area contributed by atoms with Gasteiger partial charge in [-0.15, -0.1) is 0 Å². The second kappa shape index (κ2) is 11.1. The summed E-state index contributed by atoms with van der Waals surface area (Å²) in [7, 11) is 3.64. The summed E-state index contributed by atoms with van der Waals surface area (Å²) in [6, 6.07) is 12.7. The zero-order chi connectivity index (χ0) is 24.1. The summed E-state index contributed by atoms with van der Waals surface area (Å²) in [6.07, 6.45) is 1.40. The Balaban J connectivity index is 1.34. The van der Waals surface area contributed by atoms with Crippen LogP contribution in [0.3, 0.4) is 0 Å². The monoisotopic (exact) mass is 485 g/mol. The number of piperidine rings is 1. The lowest BCUT2D eigenvalue weighted by Gasteiger charge is -2.37. The molecule has 2 heterocycles. The number of likely N-dealkylation sites (tertiary alicyclic amines) is 1. The van der Waals surface area contributed by atoms with E-state index < -0.39 is 0 Å². The van der Waals surface area contributed by atoms with Crippen LogP contribution in [0.15, 0.2) is 42.5 Å². The van der Waals surface area contributed by atoms with Crippen LogP contribution in [0.1, 0.15) is 28.8 Å². The lowest BCUT2D eigenvalue weighted by atomic mass is 9.94. The zero-order valence-electron chi connectivity index (χ0n) is 19.8. The Hall–Kier alpha value is -2.77. The Kier molecular flexibility index (Phi) is 7.95. The van der Waals surface area contributed by atoms with Gasteiger partial charge in [0.15, 0.2) is 11.5 Å². The van der Waals surface area contributed by atoms with Crippen LogP contribution in [0.4, 0.5) is 0 Å². The fourth-order valence-corrected chi connectivity index (χ4v) is 4.68. The van der Waals surface area contributed by atoms with Crippen LogP contribution >= 0.6 is 11.6 Å². The van der Waals surface area contributed by atoms with E-state index in [9.17, 15) is 9.59 Å². The van der Waals surface area contributed by atoms with Crippen molar-refractivity contribution in [1.82, 2.24) is 14.7 Å². The molecule has 2 aromatic carbocycles. The van der Waals surface area contributed by atoms with Gasteiger partial charge in [0, 0.05) is 61.3 Å². The molecule has 8 heteroatoms. The maximum absolute atomic E-state index is 13.1. The standard InChI is InChI=1S/C26H32ClN3O4/c1-28-13-15-30(16-14-28)25(31)19-9-11-29(12-10-19)26(32)20-7-8-23(24(17-20)33-2)34-18-21-5-3-4-6-22(21)27/h3-8,17,19H,9-16,18H2,1-2H3.